The highest BCUT2D eigenvalue weighted by Crippen LogP contribution is 2.29. The zero-order valence-electron chi connectivity index (χ0n) is 11.3. The molecule has 0 aliphatic heterocycles. The average molecular weight is 283 g/mol. The van der Waals surface area contributed by atoms with E-state index < -0.39 is 6.10 Å². The highest BCUT2D eigenvalue weighted by Gasteiger charge is 2.12. The van der Waals surface area contributed by atoms with E-state index in [0.29, 0.717) is 31.1 Å². The first-order valence-electron chi connectivity index (χ1n) is 6.18. The summed E-state index contributed by atoms with van der Waals surface area (Å²) in [4.78, 5) is 2.01. The van der Waals surface area contributed by atoms with E-state index in [2.05, 4.69) is 6.07 Å². The first-order chi connectivity index (χ1) is 9.10. The molecule has 0 spiro atoms. The summed E-state index contributed by atoms with van der Waals surface area (Å²) in [6.07, 6.45) is -0.115. The highest BCUT2D eigenvalue weighted by molar-refractivity contribution is 6.33. The van der Waals surface area contributed by atoms with Crippen molar-refractivity contribution in [3.05, 3.63) is 28.8 Å². The molecule has 1 rings (SSSR count). The maximum atomic E-state index is 9.53. The van der Waals surface area contributed by atoms with Crippen molar-refractivity contribution in [2.24, 2.45) is 0 Å². The number of benzene rings is 1. The van der Waals surface area contributed by atoms with Crippen LogP contribution in [-0.2, 0) is 4.74 Å². The SMILES string of the molecule is COCCN(CCC#N)c1ccc(C(C)O)cc1Cl. The van der Waals surface area contributed by atoms with Gasteiger partial charge in [0.05, 0.1) is 35.9 Å². The van der Waals surface area contributed by atoms with E-state index in [1.807, 2.05) is 17.0 Å². The second kappa shape index (κ2) is 8.00. The Morgan fingerprint density at radius 3 is 2.74 bits per heavy atom. The van der Waals surface area contributed by atoms with Crippen molar-refractivity contribution >= 4 is 17.3 Å². The van der Waals surface area contributed by atoms with Crippen LogP contribution in [0.5, 0.6) is 0 Å². The molecule has 0 fully saturated rings. The molecule has 5 heteroatoms. The van der Waals surface area contributed by atoms with Gasteiger partial charge in [-0.05, 0) is 24.6 Å². The number of ether oxygens (including phenoxy) is 1. The van der Waals surface area contributed by atoms with Crippen LogP contribution in [0.4, 0.5) is 5.69 Å². The van der Waals surface area contributed by atoms with Gasteiger partial charge in [-0.25, -0.2) is 0 Å². The van der Waals surface area contributed by atoms with Crippen molar-refractivity contribution in [3.8, 4) is 6.07 Å². The van der Waals surface area contributed by atoms with Crippen LogP contribution in [0.25, 0.3) is 0 Å². The van der Waals surface area contributed by atoms with Crippen molar-refractivity contribution in [2.45, 2.75) is 19.4 Å². The van der Waals surface area contributed by atoms with Gasteiger partial charge >= 0.3 is 0 Å². The lowest BCUT2D eigenvalue weighted by molar-refractivity contribution is 0.199. The van der Waals surface area contributed by atoms with Crippen LogP contribution in [0.2, 0.25) is 5.02 Å². The van der Waals surface area contributed by atoms with Gasteiger partial charge in [0.15, 0.2) is 0 Å². The van der Waals surface area contributed by atoms with Gasteiger partial charge in [0.2, 0.25) is 0 Å². The predicted octanol–water partition coefficient (Wildman–Crippen LogP) is 2.76. The fourth-order valence-corrected chi connectivity index (χ4v) is 2.09. The van der Waals surface area contributed by atoms with Crippen molar-refractivity contribution < 1.29 is 9.84 Å². The molecular weight excluding hydrogens is 264 g/mol. The van der Waals surface area contributed by atoms with E-state index in [4.69, 9.17) is 21.6 Å². The van der Waals surface area contributed by atoms with Crippen LogP contribution >= 0.6 is 11.6 Å². The Balaban J connectivity index is 2.91. The third-order valence-corrected chi connectivity index (χ3v) is 3.16. The molecule has 4 nitrogen and oxygen atoms in total. The number of aliphatic hydroxyl groups excluding tert-OH is 1. The molecule has 0 aliphatic carbocycles. The Bertz CT molecular complexity index is 444. The second-order valence-corrected chi connectivity index (χ2v) is 4.68. The third-order valence-electron chi connectivity index (χ3n) is 2.85. The molecule has 1 unspecified atom stereocenters. The summed E-state index contributed by atoms with van der Waals surface area (Å²) in [5.41, 5.74) is 1.64. The van der Waals surface area contributed by atoms with Crippen molar-refractivity contribution in [3.63, 3.8) is 0 Å². The van der Waals surface area contributed by atoms with E-state index in [9.17, 15) is 5.11 Å². The Morgan fingerprint density at radius 2 is 2.21 bits per heavy atom. The van der Waals surface area contributed by atoms with Crippen LogP contribution < -0.4 is 4.90 Å². The number of hydrogen-bond donors (Lipinski definition) is 1. The molecule has 19 heavy (non-hydrogen) atoms. The molecule has 1 N–H and O–H groups in total. The van der Waals surface area contributed by atoms with E-state index in [0.717, 1.165) is 11.3 Å². The summed E-state index contributed by atoms with van der Waals surface area (Å²) < 4.78 is 5.07. The minimum absolute atomic E-state index is 0.429. The van der Waals surface area contributed by atoms with Crippen molar-refractivity contribution in [1.82, 2.24) is 0 Å². The van der Waals surface area contributed by atoms with Gasteiger partial charge in [-0.2, -0.15) is 5.26 Å². The smallest absolute Gasteiger partial charge is 0.0762 e. The standard InChI is InChI=1S/C14H19ClN2O2/c1-11(18)12-4-5-14(13(15)10-12)17(7-3-6-16)8-9-19-2/h4-5,10-11,18H,3,7-9H2,1-2H3. The second-order valence-electron chi connectivity index (χ2n) is 4.27. The highest BCUT2D eigenvalue weighted by atomic mass is 35.5. The van der Waals surface area contributed by atoms with Crippen molar-refractivity contribution in [2.75, 3.05) is 31.7 Å². The Morgan fingerprint density at radius 1 is 1.47 bits per heavy atom. The molecule has 0 radical (unpaired) electrons. The molecule has 0 saturated heterocycles. The van der Waals surface area contributed by atoms with Crippen LogP contribution in [0.15, 0.2) is 18.2 Å². The maximum absolute atomic E-state index is 9.53. The van der Waals surface area contributed by atoms with E-state index in [1.54, 1.807) is 20.1 Å². The summed E-state index contributed by atoms with van der Waals surface area (Å²) in [5, 5.41) is 18.8. The number of rotatable bonds is 7. The minimum Gasteiger partial charge on any atom is -0.389 e. The number of aliphatic hydroxyl groups is 1. The summed E-state index contributed by atoms with van der Waals surface area (Å²) >= 11 is 6.25. The van der Waals surface area contributed by atoms with E-state index in [1.165, 1.54) is 0 Å². The third kappa shape index (κ3) is 4.71. The number of nitrogens with zero attached hydrogens (tertiary/aromatic N) is 2. The molecule has 0 bridgehead atoms. The molecule has 1 aromatic rings. The number of nitriles is 1. The summed E-state index contributed by atoms with van der Waals surface area (Å²) in [7, 11) is 1.64. The molecule has 0 amide bonds. The van der Waals surface area contributed by atoms with Gasteiger partial charge in [-0.3, -0.25) is 0 Å². The van der Waals surface area contributed by atoms with Gasteiger partial charge < -0.3 is 14.7 Å². The predicted molar refractivity (Wildman–Crippen MR) is 76.4 cm³/mol. The molecular formula is C14H19ClN2O2. The average Bonchev–Trinajstić information content (AvgIpc) is 2.39. The van der Waals surface area contributed by atoms with Crippen LogP contribution in [0, 0.1) is 11.3 Å². The monoisotopic (exact) mass is 282 g/mol. The molecule has 104 valence electrons. The largest absolute Gasteiger partial charge is 0.389 e. The molecule has 1 atom stereocenters. The van der Waals surface area contributed by atoms with E-state index in [-0.39, 0.29) is 0 Å². The zero-order valence-corrected chi connectivity index (χ0v) is 12.0. The Kier molecular flexibility index (Phi) is 6.65. The lowest BCUT2D eigenvalue weighted by Crippen LogP contribution is -2.28. The molecule has 0 aromatic heterocycles. The van der Waals surface area contributed by atoms with Gasteiger partial charge in [-0.1, -0.05) is 17.7 Å². The summed E-state index contributed by atoms with van der Waals surface area (Å²) in [5.74, 6) is 0. The van der Waals surface area contributed by atoms with E-state index >= 15 is 0 Å². The Labute approximate surface area is 119 Å². The van der Waals surface area contributed by atoms with Crippen LogP contribution in [0.1, 0.15) is 25.0 Å². The molecule has 0 aliphatic rings. The fourth-order valence-electron chi connectivity index (χ4n) is 1.78. The lowest BCUT2D eigenvalue weighted by atomic mass is 10.1. The van der Waals surface area contributed by atoms with Crippen molar-refractivity contribution in [1.29, 1.82) is 5.26 Å². The summed E-state index contributed by atoms with van der Waals surface area (Å²) in [6.45, 7) is 3.54. The topological polar surface area (TPSA) is 56.5 Å². The van der Waals surface area contributed by atoms with Gasteiger partial charge in [0.25, 0.3) is 0 Å². The molecule has 0 saturated carbocycles. The lowest BCUT2D eigenvalue weighted by Gasteiger charge is -2.25. The van der Waals surface area contributed by atoms with Crippen LogP contribution in [0.3, 0.4) is 0 Å². The summed E-state index contributed by atoms with van der Waals surface area (Å²) in [6, 6.07) is 7.60. The maximum Gasteiger partial charge on any atom is 0.0762 e. The quantitative estimate of drug-likeness (QED) is 0.835. The van der Waals surface area contributed by atoms with Gasteiger partial charge in [0, 0.05) is 20.2 Å². The first-order valence-corrected chi connectivity index (χ1v) is 6.56. The van der Waals surface area contributed by atoms with Gasteiger partial charge in [-0.15, -0.1) is 0 Å². The Hall–Kier alpha value is -1.28. The normalized spacial score (nSPS) is 11.9. The first kappa shape index (κ1) is 15.8. The minimum atomic E-state index is -0.543. The number of hydrogen-bond acceptors (Lipinski definition) is 4. The number of methoxy groups -OCH3 is 1. The number of anilines is 1. The molecule has 0 heterocycles. The van der Waals surface area contributed by atoms with Gasteiger partial charge in [0.1, 0.15) is 0 Å². The zero-order chi connectivity index (χ0) is 14.3. The molecule has 1 aromatic carbocycles. The fraction of sp³-hybridized carbons (Fsp3) is 0.500. The number of halogens is 1. The van der Waals surface area contributed by atoms with Crippen LogP contribution in [-0.4, -0.2) is 31.9 Å².